The third-order valence-electron chi connectivity index (χ3n) is 4.03. The van der Waals surface area contributed by atoms with E-state index in [1.54, 1.807) is 49.5 Å². The number of amides is 1. The highest BCUT2D eigenvalue weighted by atomic mass is 32.2. The van der Waals surface area contributed by atoms with Crippen LogP contribution in [0.4, 0.5) is 0 Å². The van der Waals surface area contributed by atoms with Gasteiger partial charge in [0.1, 0.15) is 6.54 Å². The molecule has 27 heavy (non-hydrogen) atoms. The fourth-order valence-corrected chi connectivity index (χ4v) is 4.33. The third-order valence-corrected chi connectivity index (χ3v) is 5.86. The van der Waals surface area contributed by atoms with Gasteiger partial charge < -0.3 is 5.32 Å². The number of para-hydroxylation sites is 2. The van der Waals surface area contributed by atoms with Crippen molar-refractivity contribution in [2.24, 2.45) is 0 Å². The zero-order chi connectivity index (χ0) is 19.4. The summed E-state index contributed by atoms with van der Waals surface area (Å²) in [5.74, 6) is -0.550. The molecule has 0 radical (unpaired) electrons. The molecule has 1 N–H and O–H groups in total. The molecule has 3 rings (SSSR count). The van der Waals surface area contributed by atoms with E-state index in [1.165, 1.54) is 4.57 Å². The monoisotopic (exact) mass is 388 g/mol. The molecular formula is C18H20N4O4S. The molecule has 3 aromatic rings. The predicted octanol–water partition coefficient (Wildman–Crippen LogP) is 1.10. The number of nitrogens with zero attached hydrogens (tertiary/aromatic N) is 3. The summed E-state index contributed by atoms with van der Waals surface area (Å²) in [6.07, 6.45) is 2.01. The second-order valence-corrected chi connectivity index (χ2v) is 7.97. The fraction of sp³-hybridized carbons (Fsp3) is 0.278. The normalized spacial score (nSPS) is 11.6. The molecule has 2 heterocycles. The van der Waals surface area contributed by atoms with E-state index < -0.39 is 21.6 Å². The highest BCUT2D eigenvalue weighted by Crippen LogP contribution is 2.15. The van der Waals surface area contributed by atoms with Gasteiger partial charge in [-0.15, -0.1) is 0 Å². The van der Waals surface area contributed by atoms with Crippen LogP contribution in [-0.2, 0) is 27.9 Å². The Labute approximate surface area is 156 Å². The fourth-order valence-electron chi connectivity index (χ4n) is 2.84. The van der Waals surface area contributed by atoms with Gasteiger partial charge in [0.05, 0.1) is 29.0 Å². The van der Waals surface area contributed by atoms with Crippen molar-refractivity contribution in [2.75, 3.05) is 5.75 Å². The van der Waals surface area contributed by atoms with Crippen molar-refractivity contribution in [3.05, 3.63) is 64.8 Å². The molecular weight excluding hydrogens is 368 g/mol. The second-order valence-electron chi connectivity index (χ2n) is 6.04. The van der Waals surface area contributed by atoms with Gasteiger partial charge in [-0.05, 0) is 30.7 Å². The first-order valence-corrected chi connectivity index (χ1v) is 10.1. The molecule has 1 aromatic carbocycles. The maximum Gasteiger partial charge on any atom is 0.343 e. The lowest BCUT2D eigenvalue weighted by molar-refractivity contribution is -0.121. The topological polar surface area (TPSA) is 103 Å². The summed E-state index contributed by atoms with van der Waals surface area (Å²) >= 11 is 0. The van der Waals surface area contributed by atoms with Crippen LogP contribution >= 0.6 is 0 Å². The SMILES string of the molecule is CCCS(=O)(=O)n1c(=O)n(CC(=O)NCc2ccccn2)c2ccccc21. The van der Waals surface area contributed by atoms with Crippen LogP contribution in [-0.4, -0.2) is 33.6 Å². The number of rotatable bonds is 7. The number of nitrogens with one attached hydrogen (secondary N) is 1. The van der Waals surface area contributed by atoms with E-state index in [2.05, 4.69) is 10.3 Å². The molecule has 2 aromatic heterocycles. The molecule has 0 saturated heterocycles. The number of benzene rings is 1. The Morgan fingerprint density at radius 1 is 1.11 bits per heavy atom. The molecule has 142 valence electrons. The standard InChI is InChI=1S/C18H20N4O4S/c1-2-11-27(25,26)22-16-9-4-3-8-15(16)21(18(22)24)13-17(23)20-12-14-7-5-6-10-19-14/h3-10H,2,11-13H2,1H3,(H,20,23). The van der Waals surface area contributed by atoms with Crippen LogP contribution in [0.2, 0.25) is 0 Å². The number of imidazole rings is 1. The van der Waals surface area contributed by atoms with E-state index >= 15 is 0 Å². The molecule has 8 nitrogen and oxygen atoms in total. The number of hydrogen-bond acceptors (Lipinski definition) is 5. The van der Waals surface area contributed by atoms with Crippen LogP contribution in [0.3, 0.4) is 0 Å². The Morgan fingerprint density at radius 2 is 1.81 bits per heavy atom. The van der Waals surface area contributed by atoms with Crippen molar-refractivity contribution in [3.8, 4) is 0 Å². The van der Waals surface area contributed by atoms with Crippen molar-refractivity contribution in [2.45, 2.75) is 26.4 Å². The van der Waals surface area contributed by atoms with Gasteiger partial charge in [-0.3, -0.25) is 14.3 Å². The van der Waals surface area contributed by atoms with E-state index in [1.807, 2.05) is 6.07 Å². The van der Waals surface area contributed by atoms with Crippen LogP contribution in [0, 0.1) is 0 Å². The number of carbonyl (C=O) groups is 1. The zero-order valence-electron chi connectivity index (χ0n) is 14.8. The molecule has 0 aliphatic heterocycles. The summed E-state index contributed by atoms with van der Waals surface area (Å²) in [4.78, 5) is 29.2. The average Bonchev–Trinajstić information content (AvgIpc) is 2.93. The maximum atomic E-state index is 12.8. The second kappa shape index (κ2) is 7.75. The van der Waals surface area contributed by atoms with E-state index in [0.717, 1.165) is 3.97 Å². The van der Waals surface area contributed by atoms with Gasteiger partial charge in [-0.25, -0.2) is 13.2 Å². The number of carbonyl (C=O) groups excluding carboxylic acids is 1. The van der Waals surface area contributed by atoms with Gasteiger partial charge in [-0.2, -0.15) is 3.97 Å². The molecule has 0 aliphatic carbocycles. The molecule has 0 bridgehead atoms. The van der Waals surface area contributed by atoms with Crippen molar-refractivity contribution < 1.29 is 13.2 Å². The minimum absolute atomic E-state index is 0.146. The van der Waals surface area contributed by atoms with Gasteiger partial charge in [0.2, 0.25) is 15.9 Å². The minimum Gasteiger partial charge on any atom is -0.349 e. The lowest BCUT2D eigenvalue weighted by Gasteiger charge is -2.06. The largest absolute Gasteiger partial charge is 0.349 e. The molecule has 0 aliphatic rings. The van der Waals surface area contributed by atoms with Crippen molar-refractivity contribution in [3.63, 3.8) is 0 Å². The molecule has 0 spiro atoms. The molecule has 9 heteroatoms. The Kier molecular flexibility index (Phi) is 5.41. The first-order valence-electron chi connectivity index (χ1n) is 8.54. The average molecular weight is 388 g/mol. The minimum atomic E-state index is -3.80. The van der Waals surface area contributed by atoms with Crippen molar-refractivity contribution in [1.29, 1.82) is 0 Å². The zero-order valence-corrected chi connectivity index (χ0v) is 15.6. The van der Waals surface area contributed by atoms with Gasteiger partial charge >= 0.3 is 5.69 Å². The van der Waals surface area contributed by atoms with Gasteiger partial charge in [-0.1, -0.05) is 25.1 Å². The summed E-state index contributed by atoms with van der Waals surface area (Å²) in [5.41, 5.74) is 0.618. The predicted molar refractivity (Wildman–Crippen MR) is 102 cm³/mol. The van der Waals surface area contributed by atoms with Crippen molar-refractivity contribution in [1.82, 2.24) is 18.8 Å². The number of pyridine rings is 1. The lowest BCUT2D eigenvalue weighted by Crippen LogP contribution is -2.35. The molecule has 0 unspecified atom stereocenters. The van der Waals surface area contributed by atoms with Crippen LogP contribution in [0.15, 0.2) is 53.5 Å². The number of aromatic nitrogens is 3. The van der Waals surface area contributed by atoms with Gasteiger partial charge in [0, 0.05) is 6.20 Å². The number of hydrogen-bond donors (Lipinski definition) is 1. The Hall–Kier alpha value is -2.94. The Morgan fingerprint density at radius 3 is 2.48 bits per heavy atom. The summed E-state index contributed by atoms with van der Waals surface area (Å²) in [5, 5.41) is 2.69. The Balaban J connectivity index is 1.92. The molecule has 0 atom stereocenters. The van der Waals surface area contributed by atoms with E-state index in [0.29, 0.717) is 17.6 Å². The summed E-state index contributed by atoms with van der Waals surface area (Å²) < 4.78 is 27.0. The van der Waals surface area contributed by atoms with Crippen LogP contribution in [0.5, 0.6) is 0 Å². The first-order chi connectivity index (χ1) is 12.9. The summed E-state index contributed by atoms with van der Waals surface area (Å²) in [6.45, 7) is 1.68. The van der Waals surface area contributed by atoms with E-state index in [9.17, 15) is 18.0 Å². The quantitative estimate of drug-likeness (QED) is 0.653. The van der Waals surface area contributed by atoms with Crippen molar-refractivity contribution >= 4 is 27.0 Å². The highest BCUT2D eigenvalue weighted by Gasteiger charge is 2.23. The van der Waals surface area contributed by atoms with Gasteiger partial charge in [0.25, 0.3) is 0 Å². The summed E-state index contributed by atoms with van der Waals surface area (Å²) in [7, 11) is -3.80. The highest BCUT2D eigenvalue weighted by molar-refractivity contribution is 7.90. The maximum absolute atomic E-state index is 12.8. The molecule has 0 saturated carbocycles. The van der Waals surface area contributed by atoms with E-state index in [4.69, 9.17) is 0 Å². The Bertz CT molecular complexity index is 1120. The van der Waals surface area contributed by atoms with Crippen LogP contribution < -0.4 is 11.0 Å². The smallest absolute Gasteiger partial charge is 0.343 e. The number of fused-ring (bicyclic) bond motifs is 1. The third kappa shape index (κ3) is 3.92. The van der Waals surface area contributed by atoms with E-state index in [-0.39, 0.29) is 24.4 Å². The van der Waals surface area contributed by atoms with Crippen LogP contribution in [0.25, 0.3) is 11.0 Å². The van der Waals surface area contributed by atoms with Gasteiger partial charge in [0.15, 0.2) is 0 Å². The lowest BCUT2D eigenvalue weighted by atomic mass is 10.3. The molecule has 1 amide bonds. The summed E-state index contributed by atoms with van der Waals surface area (Å²) in [6, 6.07) is 11.9. The first kappa shape index (κ1) is 18.8. The molecule has 0 fully saturated rings. The van der Waals surface area contributed by atoms with Crippen LogP contribution in [0.1, 0.15) is 19.0 Å².